The molecule has 0 aromatic heterocycles. The molecule has 2 fully saturated rings. The van der Waals surface area contributed by atoms with Crippen LogP contribution in [-0.4, -0.2) is 60.4 Å². The normalized spacial score (nSPS) is 24.0. The van der Waals surface area contributed by atoms with Crippen molar-refractivity contribution >= 4 is 24.2 Å². The Labute approximate surface area is 140 Å². The van der Waals surface area contributed by atoms with Gasteiger partial charge in [-0.25, -0.2) is 0 Å². The summed E-state index contributed by atoms with van der Waals surface area (Å²) >= 11 is 0. The van der Waals surface area contributed by atoms with Gasteiger partial charge in [0, 0.05) is 32.1 Å². The molecule has 0 bridgehead atoms. The molecule has 2 atom stereocenters. The smallest absolute Gasteiger partial charge is 0.227 e. The van der Waals surface area contributed by atoms with E-state index >= 15 is 0 Å². The summed E-state index contributed by atoms with van der Waals surface area (Å²) in [6.45, 7) is 6.78. The second kappa shape index (κ2) is 8.73. The molecular weight excluding hydrogens is 302 g/mol. The quantitative estimate of drug-likeness (QED) is 0.833. The number of halogens is 1. The summed E-state index contributed by atoms with van der Waals surface area (Å²) in [5.74, 6) is 0.158. The van der Waals surface area contributed by atoms with Crippen LogP contribution in [0.2, 0.25) is 0 Å². The zero-order valence-corrected chi connectivity index (χ0v) is 14.8. The first-order valence-corrected chi connectivity index (χ1v) is 8.31. The van der Waals surface area contributed by atoms with E-state index in [1.54, 1.807) is 0 Å². The van der Waals surface area contributed by atoms with E-state index in [4.69, 9.17) is 0 Å². The third-order valence-corrected chi connectivity index (χ3v) is 4.95. The Morgan fingerprint density at radius 3 is 2.64 bits per heavy atom. The van der Waals surface area contributed by atoms with E-state index in [2.05, 4.69) is 19.2 Å². The van der Waals surface area contributed by atoms with Crippen LogP contribution in [0.4, 0.5) is 0 Å². The molecule has 2 rings (SSSR count). The molecule has 2 saturated heterocycles. The highest BCUT2D eigenvalue weighted by molar-refractivity contribution is 5.89. The number of hydrogen-bond acceptors (Lipinski definition) is 3. The lowest BCUT2D eigenvalue weighted by atomic mass is 10.0. The number of nitrogens with zero attached hydrogens (tertiary/aromatic N) is 2. The Kier molecular flexibility index (Phi) is 7.63. The molecule has 0 aliphatic carbocycles. The Hall–Kier alpha value is -0.810. The summed E-state index contributed by atoms with van der Waals surface area (Å²) in [5, 5.41) is 3.32. The SMILES string of the molecule is CCCC(C)N1CC(C(=O)N(C)C2CCNCC2)CC1=O.Cl. The van der Waals surface area contributed by atoms with Crippen molar-refractivity contribution in [2.24, 2.45) is 5.92 Å². The Morgan fingerprint density at radius 2 is 2.05 bits per heavy atom. The second-order valence-corrected chi connectivity index (χ2v) is 6.52. The maximum Gasteiger partial charge on any atom is 0.227 e. The van der Waals surface area contributed by atoms with E-state index in [-0.39, 0.29) is 36.2 Å². The van der Waals surface area contributed by atoms with Gasteiger partial charge in [0.15, 0.2) is 0 Å². The predicted octanol–water partition coefficient (Wildman–Crippen LogP) is 1.66. The highest BCUT2D eigenvalue weighted by Gasteiger charge is 2.38. The maximum atomic E-state index is 12.6. The topological polar surface area (TPSA) is 52.7 Å². The number of likely N-dealkylation sites (tertiary alicyclic amines) is 1. The van der Waals surface area contributed by atoms with Gasteiger partial charge in [-0.15, -0.1) is 12.4 Å². The van der Waals surface area contributed by atoms with E-state index in [1.807, 2.05) is 16.8 Å². The lowest BCUT2D eigenvalue weighted by Crippen LogP contribution is -2.46. The van der Waals surface area contributed by atoms with Crippen LogP contribution in [0.25, 0.3) is 0 Å². The number of hydrogen-bond donors (Lipinski definition) is 1. The molecule has 2 aliphatic heterocycles. The minimum Gasteiger partial charge on any atom is -0.342 e. The van der Waals surface area contributed by atoms with Gasteiger partial charge in [-0.2, -0.15) is 0 Å². The van der Waals surface area contributed by atoms with Crippen LogP contribution in [0, 0.1) is 5.92 Å². The molecule has 0 aromatic carbocycles. The van der Waals surface area contributed by atoms with E-state index in [0.717, 1.165) is 38.8 Å². The molecule has 0 aromatic rings. The van der Waals surface area contributed by atoms with Gasteiger partial charge in [-0.1, -0.05) is 13.3 Å². The van der Waals surface area contributed by atoms with Crippen molar-refractivity contribution in [1.82, 2.24) is 15.1 Å². The van der Waals surface area contributed by atoms with Crippen LogP contribution >= 0.6 is 12.4 Å². The Balaban J connectivity index is 0.00000242. The van der Waals surface area contributed by atoms with Crippen molar-refractivity contribution in [1.29, 1.82) is 0 Å². The van der Waals surface area contributed by atoms with Gasteiger partial charge < -0.3 is 15.1 Å². The van der Waals surface area contributed by atoms with Gasteiger partial charge in [-0.3, -0.25) is 9.59 Å². The highest BCUT2D eigenvalue weighted by Crippen LogP contribution is 2.25. The van der Waals surface area contributed by atoms with E-state index in [9.17, 15) is 9.59 Å². The van der Waals surface area contributed by atoms with E-state index < -0.39 is 0 Å². The average molecular weight is 332 g/mol. The number of amides is 2. The molecule has 2 unspecified atom stereocenters. The van der Waals surface area contributed by atoms with Crippen molar-refractivity contribution in [3.63, 3.8) is 0 Å². The van der Waals surface area contributed by atoms with Gasteiger partial charge in [0.05, 0.1) is 5.92 Å². The summed E-state index contributed by atoms with van der Waals surface area (Å²) in [7, 11) is 1.90. The summed E-state index contributed by atoms with van der Waals surface area (Å²) in [6.07, 6.45) is 4.50. The first-order chi connectivity index (χ1) is 10.0. The molecular formula is C16H30ClN3O2. The molecule has 128 valence electrons. The fourth-order valence-corrected chi connectivity index (χ4v) is 3.56. The molecule has 2 amide bonds. The predicted molar refractivity (Wildman–Crippen MR) is 90.1 cm³/mol. The maximum absolute atomic E-state index is 12.6. The number of piperidine rings is 1. The molecule has 2 aliphatic rings. The summed E-state index contributed by atoms with van der Waals surface area (Å²) in [6, 6.07) is 0.584. The first-order valence-electron chi connectivity index (χ1n) is 8.31. The second-order valence-electron chi connectivity index (χ2n) is 6.52. The largest absolute Gasteiger partial charge is 0.342 e. The molecule has 6 heteroatoms. The molecule has 1 N–H and O–H groups in total. The van der Waals surface area contributed by atoms with Gasteiger partial charge in [0.25, 0.3) is 0 Å². The van der Waals surface area contributed by atoms with Crippen LogP contribution in [0.15, 0.2) is 0 Å². The molecule has 0 radical (unpaired) electrons. The van der Waals surface area contributed by atoms with Gasteiger partial charge >= 0.3 is 0 Å². The molecule has 0 saturated carbocycles. The minimum absolute atomic E-state index is 0. The average Bonchev–Trinajstić information content (AvgIpc) is 2.89. The van der Waals surface area contributed by atoms with Gasteiger partial charge in [-0.05, 0) is 39.3 Å². The van der Waals surface area contributed by atoms with Crippen molar-refractivity contribution in [3.05, 3.63) is 0 Å². The van der Waals surface area contributed by atoms with Crippen LogP contribution in [0.1, 0.15) is 46.0 Å². The zero-order chi connectivity index (χ0) is 15.4. The molecule has 2 heterocycles. The standard InChI is InChI=1S/C16H29N3O2.ClH/c1-4-5-12(2)19-11-13(10-15(19)20)16(21)18(3)14-6-8-17-9-7-14;/h12-14,17H,4-11H2,1-3H3;1H. The van der Waals surface area contributed by atoms with Crippen LogP contribution in [-0.2, 0) is 9.59 Å². The molecule has 5 nitrogen and oxygen atoms in total. The van der Waals surface area contributed by atoms with Crippen LogP contribution in [0.5, 0.6) is 0 Å². The summed E-state index contributed by atoms with van der Waals surface area (Å²) in [5.41, 5.74) is 0. The fraction of sp³-hybridized carbons (Fsp3) is 0.875. The first kappa shape index (κ1) is 19.2. The van der Waals surface area contributed by atoms with Gasteiger partial charge in [0.1, 0.15) is 0 Å². The number of carbonyl (C=O) groups excluding carboxylic acids is 2. The lowest BCUT2D eigenvalue weighted by molar-refractivity contribution is -0.137. The molecule has 0 spiro atoms. The van der Waals surface area contributed by atoms with Crippen molar-refractivity contribution in [2.75, 3.05) is 26.7 Å². The third-order valence-electron chi connectivity index (χ3n) is 4.95. The van der Waals surface area contributed by atoms with Crippen molar-refractivity contribution in [3.8, 4) is 0 Å². The van der Waals surface area contributed by atoms with E-state index in [0.29, 0.717) is 19.0 Å². The summed E-state index contributed by atoms with van der Waals surface area (Å²) < 4.78 is 0. The summed E-state index contributed by atoms with van der Waals surface area (Å²) in [4.78, 5) is 28.6. The Bertz CT molecular complexity index is 386. The fourth-order valence-electron chi connectivity index (χ4n) is 3.56. The monoisotopic (exact) mass is 331 g/mol. The van der Waals surface area contributed by atoms with Crippen LogP contribution < -0.4 is 5.32 Å². The number of rotatable bonds is 5. The third kappa shape index (κ3) is 4.35. The highest BCUT2D eigenvalue weighted by atomic mass is 35.5. The molecule has 22 heavy (non-hydrogen) atoms. The van der Waals surface area contributed by atoms with Crippen molar-refractivity contribution < 1.29 is 9.59 Å². The van der Waals surface area contributed by atoms with Crippen molar-refractivity contribution in [2.45, 2.75) is 58.0 Å². The van der Waals surface area contributed by atoms with E-state index in [1.165, 1.54) is 0 Å². The van der Waals surface area contributed by atoms with Crippen LogP contribution in [0.3, 0.4) is 0 Å². The lowest BCUT2D eigenvalue weighted by Gasteiger charge is -2.33. The van der Waals surface area contributed by atoms with Gasteiger partial charge in [0.2, 0.25) is 11.8 Å². The number of carbonyl (C=O) groups is 2. The zero-order valence-electron chi connectivity index (χ0n) is 14.0. The Morgan fingerprint density at radius 1 is 1.41 bits per heavy atom. The minimum atomic E-state index is -0.142. The number of nitrogens with one attached hydrogen (secondary N) is 1.